The van der Waals surface area contributed by atoms with E-state index in [4.69, 9.17) is 0 Å². The molecule has 0 unspecified atom stereocenters. The molecule has 0 aromatic rings. The molecule has 0 saturated heterocycles. The van der Waals surface area contributed by atoms with Crippen molar-refractivity contribution in [2.24, 2.45) is 5.92 Å². The second-order valence-electron chi connectivity index (χ2n) is 3.09. The van der Waals surface area contributed by atoms with Crippen molar-refractivity contribution in [1.82, 2.24) is 5.32 Å². The van der Waals surface area contributed by atoms with Gasteiger partial charge in [-0.15, -0.1) is 0 Å². The van der Waals surface area contributed by atoms with Gasteiger partial charge in [-0.25, -0.2) is 0 Å². The summed E-state index contributed by atoms with van der Waals surface area (Å²) in [6.45, 7) is 2.75. The molecule has 1 N–H and O–H groups in total. The van der Waals surface area contributed by atoms with Crippen LogP contribution in [0.4, 0.5) is 0 Å². The first-order chi connectivity index (χ1) is 5.22. The lowest BCUT2D eigenvalue weighted by atomic mass is 9.85. The number of hydrogen-bond acceptors (Lipinski definition) is 1. The van der Waals surface area contributed by atoms with Gasteiger partial charge < -0.3 is 5.32 Å². The third kappa shape index (κ3) is 2.81. The molecule has 0 aliphatic heterocycles. The summed E-state index contributed by atoms with van der Waals surface area (Å²) in [5.41, 5.74) is 0. The Labute approximate surface area is 75.9 Å². The van der Waals surface area contributed by atoms with E-state index >= 15 is 0 Å². The van der Waals surface area contributed by atoms with Gasteiger partial charge in [0.05, 0.1) is 0 Å². The zero-order valence-electron chi connectivity index (χ0n) is 6.77. The van der Waals surface area contributed by atoms with Gasteiger partial charge in [0.1, 0.15) is 0 Å². The molecular weight excluding hydrogens is 206 g/mol. The van der Waals surface area contributed by atoms with Crippen LogP contribution in [-0.4, -0.2) is 17.3 Å². The maximum atomic E-state index is 10.8. The maximum absolute atomic E-state index is 10.8. The predicted octanol–water partition coefficient (Wildman–Crippen LogP) is 1.69. The molecule has 1 fully saturated rings. The van der Waals surface area contributed by atoms with Gasteiger partial charge in [0.2, 0.25) is 5.91 Å². The minimum Gasteiger partial charge on any atom is -0.356 e. The SMILES string of the molecule is CCC(=O)NCC1CC(Br)C1. The van der Waals surface area contributed by atoms with E-state index in [0.717, 1.165) is 12.5 Å². The summed E-state index contributed by atoms with van der Waals surface area (Å²) in [7, 11) is 0. The highest BCUT2D eigenvalue weighted by atomic mass is 79.9. The second kappa shape index (κ2) is 4.10. The van der Waals surface area contributed by atoms with E-state index < -0.39 is 0 Å². The first-order valence-electron chi connectivity index (χ1n) is 4.13. The summed E-state index contributed by atoms with van der Waals surface area (Å²) in [6.07, 6.45) is 3.03. The second-order valence-corrected chi connectivity index (χ2v) is 4.39. The number of alkyl halides is 1. The number of halogens is 1. The van der Waals surface area contributed by atoms with Crippen LogP contribution in [0.3, 0.4) is 0 Å². The first kappa shape index (κ1) is 9.04. The summed E-state index contributed by atoms with van der Waals surface area (Å²) in [4.78, 5) is 11.5. The molecule has 64 valence electrons. The van der Waals surface area contributed by atoms with Gasteiger partial charge >= 0.3 is 0 Å². The topological polar surface area (TPSA) is 29.1 Å². The van der Waals surface area contributed by atoms with Gasteiger partial charge in [0.25, 0.3) is 0 Å². The molecule has 3 heteroatoms. The highest BCUT2D eigenvalue weighted by Crippen LogP contribution is 2.32. The molecule has 0 spiro atoms. The fraction of sp³-hybridized carbons (Fsp3) is 0.875. The van der Waals surface area contributed by atoms with Crippen LogP contribution < -0.4 is 5.32 Å². The van der Waals surface area contributed by atoms with E-state index in [9.17, 15) is 4.79 Å². The van der Waals surface area contributed by atoms with Crippen molar-refractivity contribution in [1.29, 1.82) is 0 Å². The standard InChI is InChI=1S/C8H14BrNO/c1-2-8(11)10-5-6-3-7(9)4-6/h6-7H,2-5H2,1H3,(H,10,11). The van der Waals surface area contributed by atoms with Crippen molar-refractivity contribution in [2.75, 3.05) is 6.54 Å². The Kier molecular flexibility index (Phi) is 3.37. The Morgan fingerprint density at radius 1 is 1.64 bits per heavy atom. The van der Waals surface area contributed by atoms with Crippen LogP contribution >= 0.6 is 15.9 Å². The molecule has 0 radical (unpaired) electrons. The molecular formula is C8H14BrNO. The maximum Gasteiger partial charge on any atom is 0.219 e. The van der Waals surface area contributed by atoms with Gasteiger partial charge in [-0.3, -0.25) is 4.79 Å². The molecule has 1 saturated carbocycles. The Balaban J connectivity index is 2.00. The summed E-state index contributed by atoms with van der Waals surface area (Å²) in [5, 5.41) is 2.90. The lowest BCUT2D eigenvalue weighted by Crippen LogP contribution is -2.35. The smallest absolute Gasteiger partial charge is 0.219 e. The summed E-state index contributed by atoms with van der Waals surface area (Å²) >= 11 is 3.51. The molecule has 1 aliphatic rings. The van der Waals surface area contributed by atoms with Crippen molar-refractivity contribution in [3.63, 3.8) is 0 Å². The predicted molar refractivity (Wildman–Crippen MR) is 48.7 cm³/mol. The van der Waals surface area contributed by atoms with Crippen LogP contribution in [0.1, 0.15) is 26.2 Å². The number of rotatable bonds is 3. The molecule has 11 heavy (non-hydrogen) atoms. The van der Waals surface area contributed by atoms with Crippen molar-refractivity contribution in [2.45, 2.75) is 31.0 Å². The normalized spacial score (nSPS) is 29.3. The molecule has 0 aromatic carbocycles. The minimum atomic E-state index is 0.169. The van der Waals surface area contributed by atoms with Crippen molar-refractivity contribution in [3.05, 3.63) is 0 Å². The third-order valence-electron chi connectivity index (χ3n) is 2.09. The zero-order chi connectivity index (χ0) is 8.27. The van der Waals surface area contributed by atoms with Crippen molar-refractivity contribution >= 4 is 21.8 Å². The summed E-state index contributed by atoms with van der Waals surface area (Å²) in [5.74, 6) is 0.887. The van der Waals surface area contributed by atoms with Crippen LogP contribution in [0.2, 0.25) is 0 Å². The van der Waals surface area contributed by atoms with E-state index in [1.165, 1.54) is 12.8 Å². The fourth-order valence-electron chi connectivity index (χ4n) is 1.20. The van der Waals surface area contributed by atoms with Crippen LogP contribution in [0.5, 0.6) is 0 Å². The lowest BCUT2D eigenvalue weighted by Gasteiger charge is -2.31. The fourth-order valence-corrected chi connectivity index (χ4v) is 2.26. The van der Waals surface area contributed by atoms with Gasteiger partial charge in [0.15, 0.2) is 0 Å². The van der Waals surface area contributed by atoms with Gasteiger partial charge in [-0.1, -0.05) is 22.9 Å². The highest BCUT2D eigenvalue weighted by Gasteiger charge is 2.26. The van der Waals surface area contributed by atoms with Crippen LogP contribution in [0.15, 0.2) is 0 Å². The largest absolute Gasteiger partial charge is 0.356 e. The van der Waals surface area contributed by atoms with Crippen molar-refractivity contribution < 1.29 is 4.79 Å². The third-order valence-corrected chi connectivity index (χ3v) is 2.83. The highest BCUT2D eigenvalue weighted by molar-refractivity contribution is 9.09. The Morgan fingerprint density at radius 3 is 2.73 bits per heavy atom. The van der Waals surface area contributed by atoms with Gasteiger partial charge in [-0.05, 0) is 18.8 Å². The van der Waals surface area contributed by atoms with Crippen LogP contribution in [-0.2, 0) is 4.79 Å². The molecule has 0 heterocycles. The molecule has 0 aromatic heterocycles. The summed E-state index contributed by atoms with van der Waals surface area (Å²) < 4.78 is 0. The average Bonchev–Trinajstić information content (AvgIpc) is 1.95. The molecule has 1 aliphatic carbocycles. The number of nitrogens with one attached hydrogen (secondary N) is 1. The van der Waals surface area contributed by atoms with E-state index in [-0.39, 0.29) is 5.91 Å². The van der Waals surface area contributed by atoms with E-state index in [1.807, 2.05) is 6.92 Å². The Morgan fingerprint density at radius 2 is 2.27 bits per heavy atom. The van der Waals surface area contributed by atoms with Crippen LogP contribution in [0.25, 0.3) is 0 Å². The molecule has 1 amide bonds. The number of carbonyl (C=O) groups excluding carboxylic acids is 1. The van der Waals surface area contributed by atoms with Gasteiger partial charge in [-0.2, -0.15) is 0 Å². The van der Waals surface area contributed by atoms with E-state index in [1.54, 1.807) is 0 Å². The number of carbonyl (C=O) groups is 1. The molecule has 1 rings (SSSR count). The van der Waals surface area contributed by atoms with Crippen molar-refractivity contribution in [3.8, 4) is 0 Å². The van der Waals surface area contributed by atoms with Gasteiger partial charge in [0, 0.05) is 17.8 Å². The number of amides is 1. The quantitative estimate of drug-likeness (QED) is 0.720. The summed E-state index contributed by atoms with van der Waals surface area (Å²) in [6, 6.07) is 0. The number of hydrogen-bond donors (Lipinski definition) is 1. The van der Waals surface area contributed by atoms with E-state index in [2.05, 4.69) is 21.2 Å². The first-order valence-corrected chi connectivity index (χ1v) is 5.04. The Hall–Kier alpha value is -0.0500. The molecule has 0 atom stereocenters. The zero-order valence-corrected chi connectivity index (χ0v) is 8.36. The Bertz CT molecular complexity index is 143. The van der Waals surface area contributed by atoms with Crippen LogP contribution in [0, 0.1) is 5.92 Å². The average molecular weight is 220 g/mol. The van der Waals surface area contributed by atoms with E-state index in [0.29, 0.717) is 11.2 Å². The minimum absolute atomic E-state index is 0.169. The molecule has 2 nitrogen and oxygen atoms in total. The molecule has 0 bridgehead atoms. The monoisotopic (exact) mass is 219 g/mol. The lowest BCUT2D eigenvalue weighted by molar-refractivity contribution is -0.121.